The fourth-order valence-corrected chi connectivity index (χ4v) is 1.35. The second-order valence-electron chi connectivity index (χ2n) is 3.55. The van der Waals surface area contributed by atoms with E-state index in [1.807, 2.05) is 22.8 Å². The fourth-order valence-electron chi connectivity index (χ4n) is 1.35. The molecule has 0 aliphatic carbocycles. The van der Waals surface area contributed by atoms with Crippen molar-refractivity contribution in [2.75, 3.05) is 0 Å². The topological polar surface area (TPSA) is 3.88 Å². The Morgan fingerprint density at radius 2 is 1.56 bits per heavy atom. The first-order valence-electron chi connectivity index (χ1n) is 5.05. The zero-order chi connectivity index (χ0) is 10.5. The van der Waals surface area contributed by atoms with E-state index >= 15 is 0 Å². The van der Waals surface area contributed by atoms with Crippen molar-refractivity contribution in [1.29, 1.82) is 0 Å². The Morgan fingerprint density at radius 1 is 0.938 bits per heavy atom. The summed E-state index contributed by atoms with van der Waals surface area (Å²) >= 11 is 0. The lowest BCUT2D eigenvalue weighted by Crippen LogP contribution is -3.00. The van der Waals surface area contributed by atoms with Crippen LogP contribution in [0.3, 0.4) is 0 Å². The van der Waals surface area contributed by atoms with Crippen molar-refractivity contribution in [1.82, 2.24) is 0 Å². The lowest BCUT2D eigenvalue weighted by atomic mass is 10.2. The van der Waals surface area contributed by atoms with Gasteiger partial charge in [-0.2, -0.15) is 4.57 Å². The number of hydrogen-bond acceptors (Lipinski definition) is 0. The zero-order valence-electron chi connectivity index (χ0n) is 9.18. The van der Waals surface area contributed by atoms with Gasteiger partial charge < -0.3 is 17.0 Å². The molecule has 0 saturated heterocycles. The molecular formula is C14H14BrN. The second kappa shape index (κ2) is 6.23. The van der Waals surface area contributed by atoms with E-state index in [4.69, 9.17) is 0 Å². The highest BCUT2D eigenvalue weighted by Gasteiger charge is 1.92. The number of pyridine rings is 1. The molecule has 0 radical (unpaired) electrons. The molecule has 16 heavy (non-hydrogen) atoms. The Morgan fingerprint density at radius 3 is 2.19 bits per heavy atom. The van der Waals surface area contributed by atoms with Crippen molar-refractivity contribution in [3.63, 3.8) is 0 Å². The van der Waals surface area contributed by atoms with Crippen LogP contribution in [0.25, 0.3) is 12.3 Å². The van der Waals surface area contributed by atoms with E-state index in [2.05, 4.69) is 55.9 Å². The molecule has 0 amide bonds. The molecule has 1 aromatic heterocycles. The van der Waals surface area contributed by atoms with Crippen molar-refractivity contribution < 1.29 is 21.5 Å². The lowest BCUT2D eigenvalue weighted by molar-refractivity contribution is -0.567. The van der Waals surface area contributed by atoms with Crippen LogP contribution < -0.4 is 21.5 Å². The summed E-state index contributed by atoms with van der Waals surface area (Å²) in [6.07, 6.45) is 8.24. The van der Waals surface area contributed by atoms with Gasteiger partial charge in [0.05, 0.1) is 0 Å². The third-order valence-corrected chi connectivity index (χ3v) is 2.26. The van der Waals surface area contributed by atoms with Gasteiger partial charge >= 0.3 is 0 Å². The first-order valence-corrected chi connectivity index (χ1v) is 5.05. The largest absolute Gasteiger partial charge is 1.00 e. The smallest absolute Gasteiger partial charge is 0.175 e. The number of aromatic nitrogens is 1. The number of hydrogen-bond donors (Lipinski definition) is 0. The van der Waals surface area contributed by atoms with Crippen molar-refractivity contribution in [2.24, 2.45) is 0 Å². The number of benzene rings is 1. The molecule has 0 N–H and O–H groups in total. The molecular weight excluding hydrogens is 262 g/mol. The zero-order valence-corrected chi connectivity index (χ0v) is 10.8. The Labute approximate surface area is 107 Å². The van der Waals surface area contributed by atoms with Crippen LogP contribution in [-0.4, -0.2) is 0 Å². The lowest BCUT2D eigenvalue weighted by Gasteiger charge is -1.90. The van der Waals surface area contributed by atoms with Crippen LogP contribution in [0.5, 0.6) is 0 Å². The summed E-state index contributed by atoms with van der Waals surface area (Å²) in [4.78, 5) is 0. The average Bonchev–Trinajstić information content (AvgIpc) is 2.30. The standard InChI is InChI=1S/C14H14N.BrH/c1-13-7-10-15(11-8-13)12-9-14-5-3-2-4-6-14;/h2-12H,1H3;1H/q+1;/p-1/b12-9+;. The molecule has 0 spiro atoms. The average molecular weight is 276 g/mol. The molecule has 0 aliphatic heterocycles. The molecule has 2 rings (SSSR count). The van der Waals surface area contributed by atoms with E-state index in [0.29, 0.717) is 0 Å². The van der Waals surface area contributed by atoms with Gasteiger partial charge in [0.1, 0.15) is 0 Å². The van der Waals surface area contributed by atoms with Gasteiger partial charge in [-0.25, -0.2) is 0 Å². The first-order chi connectivity index (χ1) is 7.34. The Balaban J connectivity index is 0.00000128. The van der Waals surface area contributed by atoms with E-state index in [1.165, 1.54) is 11.1 Å². The fraction of sp³-hybridized carbons (Fsp3) is 0.0714. The highest BCUT2D eigenvalue weighted by molar-refractivity contribution is 5.56. The molecule has 0 atom stereocenters. The van der Waals surface area contributed by atoms with Crippen LogP contribution in [0, 0.1) is 6.92 Å². The van der Waals surface area contributed by atoms with Crippen LogP contribution in [0.2, 0.25) is 0 Å². The third-order valence-electron chi connectivity index (χ3n) is 2.26. The summed E-state index contributed by atoms with van der Waals surface area (Å²) < 4.78 is 2.04. The predicted molar refractivity (Wildman–Crippen MR) is 63.0 cm³/mol. The highest BCUT2D eigenvalue weighted by Crippen LogP contribution is 2.00. The minimum atomic E-state index is 0. The molecule has 0 fully saturated rings. The second-order valence-corrected chi connectivity index (χ2v) is 3.55. The Kier molecular flexibility index (Phi) is 4.93. The van der Waals surface area contributed by atoms with Gasteiger partial charge in [-0.15, -0.1) is 0 Å². The van der Waals surface area contributed by atoms with E-state index in [0.717, 1.165) is 0 Å². The van der Waals surface area contributed by atoms with Gasteiger partial charge in [-0.3, -0.25) is 0 Å². The number of halogens is 1. The summed E-state index contributed by atoms with van der Waals surface area (Å²) in [6, 6.07) is 14.5. The molecule has 2 aromatic rings. The number of aryl methyl sites for hydroxylation is 1. The van der Waals surface area contributed by atoms with E-state index in [9.17, 15) is 0 Å². The van der Waals surface area contributed by atoms with Gasteiger partial charge in [0.25, 0.3) is 0 Å². The summed E-state index contributed by atoms with van der Waals surface area (Å²) in [7, 11) is 0. The molecule has 1 heterocycles. The summed E-state index contributed by atoms with van der Waals surface area (Å²) in [6.45, 7) is 2.09. The Hall–Kier alpha value is -1.41. The van der Waals surface area contributed by atoms with Crippen LogP contribution in [0.4, 0.5) is 0 Å². The maximum absolute atomic E-state index is 2.09. The van der Waals surface area contributed by atoms with Crippen LogP contribution in [0.1, 0.15) is 11.1 Å². The maximum Gasteiger partial charge on any atom is 0.175 e. The molecule has 1 nitrogen and oxygen atoms in total. The van der Waals surface area contributed by atoms with Crippen LogP contribution >= 0.6 is 0 Å². The number of nitrogens with zero attached hydrogens (tertiary/aromatic N) is 1. The van der Waals surface area contributed by atoms with E-state index in [1.54, 1.807) is 0 Å². The third kappa shape index (κ3) is 3.63. The van der Waals surface area contributed by atoms with Gasteiger partial charge in [-0.05, 0) is 18.1 Å². The first kappa shape index (κ1) is 12.7. The normalized spacial score (nSPS) is 10.1. The van der Waals surface area contributed by atoms with Crippen molar-refractivity contribution in [3.05, 3.63) is 66.0 Å². The summed E-state index contributed by atoms with van der Waals surface area (Å²) in [5.74, 6) is 0. The van der Waals surface area contributed by atoms with Gasteiger partial charge in [0.15, 0.2) is 18.6 Å². The van der Waals surface area contributed by atoms with Crippen LogP contribution in [0.15, 0.2) is 54.9 Å². The summed E-state index contributed by atoms with van der Waals surface area (Å²) in [5.41, 5.74) is 2.49. The quantitative estimate of drug-likeness (QED) is 0.675. The molecule has 0 bridgehead atoms. The number of rotatable bonds is 2. The Bertz CT molecular complexity index is 446. The minimum Gasteiger partial charge on any atom is -1.00 e. The minimum absolute atomic E-state index is 0. The predicted octanol–water partition coefficient (Wildman–Crippen LogP) is -0.0856. The van der Waals surface area contributed by atoms with Gasteiger partial charge in [-0.1, -0.05) is 30.3 Å². The van der Waals surface area contributed by atoms with E-state index in [-0.39, 0.29) is 17.0 Å². The van der Waals surface area contributed by atoms with Crippen molar-refractivity contribution in [3.8, 4) is 0 Å². The van der Waals surface area contributed by atoms with Gasteiger partial charge in [0, 0.05) is 18.2 Å². The monoisotopic (exact) mass is 275 g/mol. The summed E-state index contributed by atoms with van der Waals surface area (Å²) in [5, 5.41) is 0. The molecule has 0 aliphatic rings. The van der Waals surface area contributed by atoms with Crippen LogP contribution in [-0.2, 0) is 0 Å². The van der Waals surface area contributed by atoms with Gasteiger partial charge in [0.2, 0.25) is 0 Å². The van der Waals surface area contributed by atoms with Crippen molar-refractivity contribution in [2.45, 2.75) is 6.92 Å². The molecule has 1 aromatic carbocycles. The molecule has 2 heteroatoms. The molecule has 0 unspecified atom stereocenters. The molecule has 0 saturated carbocycles. The van der Waals surface area contributed by atoms with E-state index < -0.39 is 0 Å². The SMILES string of the molecule is Cc1cc[n+](/C=C/c2ccccc2)cc1.[Br-]. The van der Waals surface area contributed by atoms with Crippen molar-refractivity contribution >= 4 is 12.3 Å². The maximum atomic E-state index is 2.09. The molecule has 82 valence electrons. The highest BCUT2D eigenvalue weighted by atomic mass is 79.9.